The van der Waals surface area contributed by atoms with Gasteiger partial charge in [-0.05, 0) is 25.7 Å². The summed E-state index contributed by atoms with van der Waals surface area (Å²) < 4.78 is 10.1. The Bertz CT molecular complexity index is 192. The second kappa shape index (κ2) is 4.98. The molecule has 0 bridgehead atoms. The van der Waals surface area contributed by atoms with Crippen molar-refractivity contribution < 1.29 is 19.1 Å². The monoisotopic (exact) mass is 200 g/mol. The maximum absolute atomic E-state index is 10.7. The first-order valence-electron chi connectivity index (χ1n) is 4.92. The van der Waals surface area contributed by atoms with Gasteiger partial charge in [-0.2, -0.15) is 0 Å². The number of esters is 2. The number of carbonyl (C=O) groups excluding carboxylic acids is 2. The van der Waals surface area contributed by atoms with Crippen molar-refractivity contribution in [3.05, 3.63) is 0 Å². The van der Waals surface area contributed by atoms with Gasteiger partial charge in [-0.15, -0.1) is 0 Å². The fraction of sp³-hybridized carbons (Fsp3) is 0.800. The molecule has 1 aliphatic rings. The molecular weight excluding hydrogens is 184 g/mol. The van der Waals surface area contributed by atoms with E-state index in [0.29, 0.717) is 0 Å². The van der Waals surface area contributed by atoms with Crippen molar-refractivity contribution >= 4 is 11.9 Å². The number of ether oxygens (including phenoxy) is 2. The average Bonchev–Trinajstić information content (AvgIpc) is 2.06. The van der Waals surface area contributed by atoms with Crippen LogP contribution in [-0.2, 0) is 19.1 Å². The fourth-order valence-corrected chi connectivity index (χ4v) is 1.74. The van der Waals surface area contributed by atoms with Gasteiger partial charge in [0.05, 0.1) is 0 Å². The average molecular weight is 200 g/mol. The summed E-state index contributed by atoms with van der Waals surface area (Å²) in [5.74, 6) is -0.470. The van der Waals surface area contributed by atoms with Gasteiger partial charge in [0, 0.05) is 13.8 Å². The van der Waals surface area contributed by atoms with Crippen LogP contribution < -0.4 is 0 Å². The minimum absolute atomic E-state index is 0.0132. The highest BCUT2D eigenvalue weighted by molar-refractivity contribution is 5.66. The van der Waals surface area contributed by atoms with E-state index >= 15 is 0 Å². The third-order valence-corrected chi connectivity index (χ3v) is 2.29. The molecule has 0 atom stereocenters. The Labute approximate surface area is 83.6 Å². The Kier molecular flexibility index (Phi) is 3.92. The molecule has 4 heteroatoms. The van der Waals surface area contributed by atoms with Crippen LogP contribution in [0.3, 0.4) is 0 Å². The van der Waals surface area contributed by atoms with Crippen LogP contribution in [0.2, 0.25) is 0 Å². The van der Waals surface area contributed by atoms with E-state index in [-0.39, 0.29) is 24.1 Å². The summed E-state index contributed by atoms with van der Waals surface area (Å²) in [6.07, 6.45) is 3.18. The predicted octanol–water partition coefficient (Wildman–Crippen LogP) is 1.42. The van der Waals surface area contributed by atoms with Crippen LogP contribution in [0, 0.1) is 0 Å². The summed E-state index contributed by atoms with van der Waals surface area (Å²) in [4.78, 5) is 21.3. The normalized spacial score (nSPS) is 26.7. The second-order valence-electron chi connectivity index (χ2n) is 3.62. The zero-order chi connectivity index (χ0) is 10.6. The highest BCUT2D eigenvalue weighted by Crippen LogP contribution is 2.23. The van der Waals surface area contributed by atoms with Crippen molar-refractivity contribution in [1.82, 2.24) is 0 Å². The molecule has 0 amide bonds. The van der Waals surface area contributed by atoms with E-state index in [2.05, 4.69) is 0 Å². The summed E-state index contributed by atoms with van der Waals surface area (Å²) in [6.45, 7) is 2.83. The number of hydrogen-bond donors (Lipinski definition) is 0. The van der Waals surface area contributed by atoms with Gasteiger partial charge in [-0.3, -0.25) is 9.59 Å². The third kappa shape index (κ3) is 3.77. The van der Waals surface area contributed by atoms with Crippen LogP contribution in [0.15, 0.2) is 0 Å². The second-order valence-corrected chi connectivity index (χ2v) is 3.62. The number of carbonyl (C=O) groups is 2. The lowest BCUT2D eigenvalue weighted by Gasteiger charge is -2.27. The SMILES string of the molecule is CC(=O)OC1CCC(OC(C)=O)CC1. The van der Waals surface area contributed by atoms with Gasteiger partial charge in [0.25, 0.3) is 0 Å². The Morgan fingerprint density at radius 1 is 0.857 bits per heavy atom. The molecule has 0 aromatic carbocycles. The first kappa shape index (κ1) is 11.0. The van der Waals surface area contributed by atoms with Gasteiger partial charge >= 0.3 is 11.9 Å². The van der Waals surface area contributed by atoms with Gasteiger partial charge in [0.15, 0.2) is 0 Å². The predicted molar refractivity (Wildman–Crippen MR) is 49.6 cm³/mol. The van der Waals surface area contributed by atoms with Crippen LogP contribution in [0.25, 0.3) is 0 Å². The quantitative estimate of drug-likeness (QED) is 0.633. The summed E-state index contributed by atoms with van der Waals surface area (Å²) in [5, 5.41) is 0. The van der Waals surface area contributed by atoms with E-state index in [9.17, 15) is 9.59 Å². The van der Waals surface area contributed by atoms with Crippen LogP contribution >= 0.6 is 0 Å². The van der Waals surface area contributed by atoms with Crippen molar-refractivity contribution in [2.45, 2.75) is 51.7 Å². The van der Waals surface area contributed by atoms with E-state index in [1.165, 1.54) is 13.8 Å². The minimum Gasteiger partial charge on any atom is -0.463 e. The van der Waals surface area contributed by atoms with Crippen molar-refractivity contribution in [3.8, 4) is 0 Å². The van der Waals surface area contributed by atoms with Gasteiger partial charge in [-0.25, -0.2) is 0 Å². The maximum Gasteiger partial charge on any atom is 0.302 e. The van der Waals surface area contributed by atoms with Gasteiger partial charge in [-0.1, -0.05) is 0 Å². The molecule has 0 saturated heterocycles. The maximum atomic E-state index is 10.7. The van der Waals surface area contributed by atoms with Gasteiger partial charge < -0.3 is 9.47 Å². The summed E-state index contributed by atoms with van der Waals surface area (Å²) in [5.41, 5.74) is 0. The lowest BCUT2D eigenvalue weighted by molar-refractivity contribution is -0.155. The Balaban J connectivity index is 2.24. The lowest BCUT2D eigenvalue weighted by atomic mass is 9.95. The summed E-state index contributed by atoms with van der Waals surface area (Å²) >= 11 is 0. The number of hydrogen-bond acceptors (Lipinski definition) is 4. The lowest BCUT2D eigenvalue weighted by Crippen LogP contribution is -2.28. The highest BCUT2D eigenvalue weighted by atomic mass is 16.6. The Morgan fingerprint density at radius 3 is 1.36 bits per heavy atom. The molecule has 1 saturated carbocycles. The standard InChI is InChI=1S/C10H16O4/c1-7(11)13-9-3-5-10(6-4-9)14-8(2)12/h9-10H,3-6H2,1-2H3. The topological polar surface area (TPSA) is 52.6 Å². The van der Waals surface area contributed by atoms with Gasteiger partial charge in [0.2, 0.25) is 0 Å². The molecule has 0 aliphatic heterocycles. The fourth-order valence-electron chi connectivity index (χ4n) is 1.74. The molecule has 1 fully saturated rings. The van der Waals surface area contributed by atoms with Crippen LogP contribution in [-0.4, -0.2) is 24.1 Å². The Hall–Kier alpha value is -1.06. The molecule has 0 unspecified atom stereocenters. The third-order valence-electron chi connectivity index (χ3n) is 2.29. The van der Waals surface area contributed by atoms with Crippen molar-refractivity contribution in [2.24, 2.45) is 0 Å². The van der Waals surface area contributed by atoms with Crippen molar-refractivity contribution in [3.63, 3.8) is 0 Å². The largest absolute Gasteiger partial charge is 0.463 e. The van der Waals surface area contributed by atoms with Crippen molar-refractivity contribution in [1.29, 1.82) is 0 Å². The smallest absolute Gasteiger partial charge is 0.302 e. The number of rotatable bonds is 2. The summed E-state index contributed by atoms with van der Waals surface area (Å²) in [6, 6.07) is 0. The van der Waals surface area contributed by atoms with E-state index in [1.54, 1.807) is 0 Å². The van der Waals surface area contributed by atoms with Crippen LogP contribution in [0.1, 0.15) is 39.5 Å². The van der Waals surface area contributed by atoms with E-state index in [0.717, 1.165) is 25.7 Å². The van der Waals surface area contributed by atoms with E-state index < -0.39 is 0 Å². The first-order chi connectivity index (χ1) is 6.58. The van der Waals surface area contributed by atoms with E-state index in [1.807, 2.05) is 0 Å². The minimum atomic E-state index is -0.235. The molecule has 0 aromatic rings. The Morgan fingerprint density at radius 2 is 1.14 bits per heavy atom. The molecule has 80 valence electrons. The molecular formula is C10H16O4. The molecule has 0 radical (unpaired) electrons. The molecule has 14 heavy (non-hydrogen) atoms. The van der Waals surface area contributed by atoms with Crippen LogP contribution in [0.5, 0.6) is 0 Å². The zero-order valence-corrected chi connectivity index (χ0v) is 8.62. The zero-order valence-electron chi connectivity index (χ0n) is 8.62. The first-order valence-corrected chi connectivity index (χ1v) is 4.92. The van der Waals surface area contributed by atoms with Crippen molar-refractivity contribution in [2.75, 3.05) is 0 Å². The van der Waals surface area contributed by atoms with Crippen LogP contribution in [0.4, 0.5) is 0 Å². The van der Waals surface area contributed by atoms with Gasteiger partial charge in [0.1, 0.15) is 12.2 Å². The molecule has 0 spiro atoms. The molecule has 0 aromatic heterocycles. The molecule has 0 N–H and O–H groups in total. The molecule has 4 nitrogen and oxygen atoms in total. The van der Waals surface area contributed by atoms with E-state index in [4.69, 9.17) is 9.47 Å². The summed E-state index contributed by atoms with van der Waals surface area (Å²) in [7, 11) is 0. The molecule has 1 aliphatic carbocycles. The molecule has 1 rings (SSSR count). The molecule has 0 heterocycles. The highest BCUT2D eigenvalue weighted by Gasteiger charge is 2.24.